The molecule has 0 saturated carbocycles. The van der Waals surface area contributed by atoms with Gasteiger partial charge in [0.1, 0.15) is 6.04 Å². The molecule has 0 aromatic heterocycles. The van der Waals surface area contributed by atoms with Gasteiger partial charge in [-0.05, 0) is 0 Å². The fourth-order valence-corrected chi connectivity index (χ4v) is 1.69. The number of carbonyl (C=O) groups is 2. The van der Waals surface area contributed by atoms with E-state index >= 15 is 0 Å². The van der Waals surface area contributed by atoms with Gasteiger partial charge >= 0.3 is 5.97 Å². The van der Waals surface area contributed by atoms with Gasteiger partial charge in [-0.25, -0.2) is 4.79 Å². The highest BCUT2D eigenvalue weighted by atomic mass is 32.2. The highest BCUT2D eigenvalue weighted by molar-refractivity contribution is 7.99. The van der Waals surface area contributed by atoms with Crippen LogP contribution in [0.3, 0.4) is 0 Å². The third kappa shape index (κ3) is 8.02. The van der Waals surface area contributed by atoms with Crippen molar-refractivity contribution in [2.75, 3.05) is 18.1 Å². The van der Waals surface area contributed by atoms with E-state index in [2.05, 4.69) is 5.32 Å². The van der Waals surface area contributed by atoms with Crippen molar-refractivity contribution in [1.82, 2.24) is 5.32 Å². The Kier molecular flexibility index (Phi) is 7.75. The number of carboxylic acid groups (broad SMARTS) is 1. The number of amides is 1. The van der Waals surface area contributed by atoms with Crippen LogP contribution in [0.1, 0.15) is 6.92 Å². The van der Waals surface area contributed by atoms with Crippen LogP contribution in [0, 0.1) is 0 Å². The van der Waals surface area contributed by atoms with Crippen LogP contribution in [0.5, 0.6) is 0 Å². The first kappa shape index (κ1) is 14.0. The Labute approximate surface area is 92.6 Å². The van der Waals surface area contributed by atoms with Gasteiger partial charge in [0, 0.05) is 18.4 Å². The smallest absolute Gasteiger partial charge is 0.327 e. The van der Waals surface area contributed by atoms with Crippen LogP contribution >= 0.6 is 11.8 Å². The van der Waals surface area contributed by atoms with E-state index in [9.17, 15) is 9.59 Å². The Morgan fingerprint density at radius 1 is 1.47 bits per heavy atom. The molecule has 0 aromatic rings. The summed E-state index contributed by atoms with van der Waals surface area (Å²) in [5.74, 6) is -0.466. The second-order valence-corrected chi connectivity index (χ2v) is 3.86. The van der Waals surface area contributed by atoms with Gasteiger partial charge in [-0.15, -0.1) is 0 Å². The van der Waals surface area contributed by atoms with Gasteiger partial charge in [0.25, 0.3) is 0 Å². The summed E-state index contributed by atoms with van der Waals surface area (Å²) in [6, 6.07) is -0.852. The molecule has 0 radical (unpaired) electrons. The molecule has 1 atom stereocenters. The topological polar surface area (TPSA) is 86.6 Å². The highest BCUT2D eigenvalue weighted by Crippen LogP contribution is 2.03. The zero-order valence-electron chi connectivity index (χ0n) is 8.47. The molecular formula is C9H15NO4S. The Balaban J connectivity index is 3.81. The normalized spacial score (nSPS) is 12.7. The summed E-state index contributed by atoms with van der Waals surface area (Å²) in [5, 5.41) is 19.5. The number of aliphatic carboxylic acids is 1. The lowest BCUT2D eigenvalue weighted by atomic mass is 10.3. The van der Waals surface area contributed by atoms with Crippen LogP contribution < -0.4 is 5.32 Å². The van der Waals surface area contributed by atoms with Crippen molar-refractivity contribution >= 4 is 23.6 Å². The average molecular weight is 233 g/mol. The number of hydrogen-bond donors (Lipinski definition) is 3. The molecule has 5 nitrogen and oxygen atoms in total. The van der Waals surface area contributed by atoms with Crippen molar-refractivity contribution in [1.29, 1.82) is 0 Å². The molecule has 0 rings (SSSR count). The molecule has 0 bridgehead atoms. The van der Waals surface area contributed by atoms with E-state index in [1.807, 2.05) is 0 Å². The molecule has 1 amide bonds. The standard InChI is InChI=1S/C9H15NO4S/c1-7(12)10-8(9(13)14)6-15-5-3-2-4-11/h2-3,8,11H,4-6H2,1H3,(H,10,12)(H,13,14)/b3-2-/t8-/m1/s1. The summed E-state index contributed by atoms with van der Waals surface area (Å²) in [6.07, 6.45) is 3.33. The number of thioether (sulfide) groups is 1. The van der Waals surface area contributed by atoms with Crippen LogP contribution in [0.2, 0.25) is 0 Å². The lowest BCUT2D eigenvalue weighted by Gasteiger charge is -2.11. The van der Waals surface area contributed by atoms with E-state index < -0.39 is 12.0 Å². The molecule has 0 aliphatic rings. The first-order valence-corrected chi connectivity index (χ1v) is 5.57. The number of carbonyl (C=O) groups excluding carboxylic acids is 1. The molecule has 0 unspecified atom stereocenters. The monoisotopic (exact) mass is 233 g/mol. The van der Waals surface area contributed by atoms with Gasteiger partial charge in [0.15, 0.2) is 0 Å². The molecule has 0 aromatic carbocycles. The molecule has 0 heterocycles. The largest absolute Gasteiger partial charge is 0.480 e. The van der Waals surface area contributed by atoms with Crippen LogP contribution in [-0.2, 0) is 9.59 Å². The summed E-state index contributed by atoms with van der Waals surface area (Å²) in [4.78, 5) is 21.3. The van der Waals surface area contributed by atoms with E-state index in [1.165, 1.54) is 18.7 Å². The van der Waals surface area contributed by atoms with Crippen molar-refractivity contribution in [2.24, 2.45) is 0 Å². The summed E-state index contributed by atoms with van der Waals surface area (Å²) in [7, 11) is 0. The summed E-state index contributed by atoms with van der Waals surface area (Å²) in [6.45, 7) is 1.26. The predicted molar refractivity (Wildman–Crippen MR) is 58.8 cm³/mol. The Bertz CT molecular complexity index is 242. The van der Waals surface area contributed by atoms with Crippen LogP contribution in [0.25, 0.3) is 0 Å². The third-order valence-corrected chi connectivity index (χ3v) is 2.44. The first-order valence-electron chi connectivity index (χ1n) is 4.41. The Hall–Kier alpha value is -1.01. The number of rotatable bonds is 7. The number of carboxylic acids is 1. The summed E-state index contributed by atoms with van der Waals surface area (Å²) < 4.78 is 0. The minimum Gasteiger partial charge on any atom is -0.480 e. The lowest BCUT2D eigenvalue weighted by Crippen LogP contribution is -2.41. The molecule has 0 fully saturated rings. The van der Waals surface area contributed by atoms with E-state index in [0.29, 0.717) is 11.5 Å². The van der Waals surface area contributed by atoms with Crippen molar-refractivity contribution in [2.45, 2.75) is 13.0 Å². The fraction of sp³-hybridized carbons (Fsp3) is 0.556. The molecule has 3 N–H and O–H groups in total. The van der Waals surface area contributed by atoms with Gasteiger partial charge in [-0.2, -0.15) is 11.8 Å². The van der Waals surface area contributed by atoms with Crippen LogP contribution in [0.4, 0.5) is 0 Å². The van der Waals surface area contributed by atoms with Gasteiger partial charge < -0.3 is 15.5 Å². The van der Waals surface area contributed by atoms with Gasteiger partial charge in [0.2, 0.25) is 5.91 Å². The van der Waals surface area contributed by atoms with E-state index in [0.717, 1.165) is 0 Å². The highest BCUT2D eigenvalue weighted by Gasteiger charge is 2.17. The molecule has 0 saturated heterocycles. The third-order valence-electron chi connectivity index (χ3n) is 1.45. The van der Waals surface area contributed by atoms with Crippen LogP contribution in [-0.4, -0.2) is 46.2 Å². The van der Waals surface area contributed by atoms with Gasteiger partial charge in [0.05, 0.1) is 6.61 Å². The maximum Gasteiger partial charge on any atom is 0.327 e. The van der Waals surface area contributed by atoms with E-state index in [4.69, 9.17) is 10.2 Å². The molecule has 86 valence electrons. The number of hydrogen-bond acceptors (Lipinski definition) is 4. The molecular weight excluding hydrogens is 218 g/mol. The summed E-state index contributed by atoms with van der Waals surface area (Å²) >= 11 is 1.38. The van der Waals surface area contributed by atoms with Crippen molar-refractivity contribution in [3.05, 3.63) is 12.2 Å². The molecule has 0 spiro atoms. The summed E-state index contributed by atoms with van der Waals surface area (Å²) in [5.41, 5.74) is 0. The maximum absolute atomic E-state index is 10.7. The zero-order valence-corrected chi connectivity index (χ0v) is 9.29. The predicted octanol–water partition coefficient (Wildman–Crippen LogP) is -0.143. The Morgan fingerprint density at radius 3 is 2.60 bits per heavy atom. The maximum atomic E-state index is 10.7. The Morgan fingerprint density at radius 2 is 2.13 bits per heavy atom. The average Bonchev–Trinajstić information content (AvgIpc) is 2.15. The SMILES string of the molecule is CC(=O)N[C@H](CSC/C=C\CO)C(=O)O. The van der Waals surface area contributed by atoms with Gasteiger partial charge in [-0.1, -0.05) is 12.2 Å². The fourth-order valence-electron chi connectivity index (χ4n) is 0.817. The quantitative estimate of drug-likeness (QED) is 0.421. The second kappa shape index (κ2) is 8.31. The number of nitrogens with one attached hydrogen (secondary N) is 1. The zero-order chi connectivity index (χ0) is 11.7. The van der Waals surface area contributed by atoms with Gasteiger partial charge in [-0.3, -0.25) is 4.79 Å². The molecule has 6 heteroatoms. The van der Waals surface area contributed by atoms with Crippen molar-refractivity contribution in [3.8, 4) is 0 Å². The minimum absolute atomic E-state index is 0.0192. The molecule has 15 heavy (non-hydrogen) atoms. The lowest BCUT2D eigenvalue weighted by molar-refractivity contribution is -0.140. The molecule has 0 aliphatic carbocycles. The van der Waals surface area contributed by atoms with Crippen LogP contribution in [0.15, 0.2) is 12.2 Å². The van der Waals surface area contributed by atoms with E-state index in [1.54, 1.807) is 12.2 Å². The second-order valence-electron chi connectivity index (χ2n) is 2.78. The molecule has 0 aliphatic heterocycles. The minimum atomic E-state index is -1.04. The van der Waals surface area contributed by atoms with Crippen molar-refractivity contribution < 1.29 is 19.8 Å². The van der Waals surface area contributed by atoms with E-state index in [-0.39, 0.29) is 12.5 Å². The number of aliphatic hydroxyl groups excluding tert-OH is 1. The first-order chi connectivity index (χ1) is 7.07. The van der Waals surface area contributed by atoms with Crippen molar-refractivity contribution in [3.63, 3.8) is 0 Å². The number of aliphatic hydroxyl groups is 1.